The summed E-state index contributed by atoms with van der Waals surface area (Å²) in [5.74, 6) is 1.33. The quantitative estimate of drug-likeness (QED) is 0.557. The zero-order valence-corrected chi connectivity index (χ0v) is 17.3. The number of alkyl halides is 3. The molecule has 31 heavy (non-hydrogen) atoms. The number of anilines is 3. The Morgan fingerprint density at radius 2 is 1.77 bits per heavy atom. The maximum absolute atomic E-state index is 13.0. The highest BCUT2D eigenvalue weighted by atomic mass is 19.4. The lowest BCUT2D eigenvalue weighted by atomic mass is 9.90. The fourth-order valence-corrected chi connectivity index (χ4v) is 4.31. The van der Waals surface area contributed by atoms with E-state index < -0.39 is 11.7 Å². The number of aliphatic hydroxyl groups excluding tert-OH is 1. The molecule has 1 aromatic heterocycles. The number of nitrogens with zero attached hydrogens (tertiary/aromatic N) is 2. The van der Waals surface area contributed by atoms with Crippen LogP contribution in [0, 0.1) is 0 Å². The fourth-order valence-electron chi connectivity index (χ4n) is 4.31. The topological polar surface area (TPSA) is 82.1 Å². The molecule has 4 N–H and O–H groups in total. The Kier molecular flexibility index (Phi) is 6.62. The Bertz CT molecular complexity index is 878. The Morgan fingerprint density at radius 1 is 1.03 bits per heavy atom. The standard InChI is InChI=1S/C22H28F3N5O/c23-22(24,25)15-2-1-3-17(12-15)29-21-27-13-19(14-8-10-26-11-9-14)20(30-21)28-16-4-6-18(31)7-5-16/h1-3,12-14,16,18,26,31H,4-11H2,(H2,27,28,29,30)/t16-,18-. The van der Waals surface area contributed by atoms with Gasteiger partial charge in [-0.15, -0.1) is 0 Å². The smallest absolute Gasteiger partial charge is 0.393 e. The van der Waals surface area contributed by atoms with Gasteiger partial charge < -0.3 is 21.1 Å². The van der Waals surface area contributed by atoms with E-state index in [1.165, 1.54) is 6.07 Å². The molecule has 168 valence electrons. The van der Waals surface area contributed by atoms with Gasteiger partial charge in [0, 0.05) is 23.5 Å². The Hall–Kier alpha value is -2.39. The molecular formula is C22H28F3N5O. The molecule has 9 heteroatoms. The van der Waals surface area contributed by atoms with Crippen molar-refractivity contribution in [3.63, 3.8) is 0 Å². The molecule has 0 bridgehead atoms. The molecular weight excluding hydrogens is 407 g/mol. The molecule has 1 aliphatic carbocycles. The van der Waals surface area contributed by atoms with Crippen molar-refractivity contribution in [1.82, 2.24) is 15.3 Å². The number of nitrogens with one attached hydrogen (secondary N) is 3. The number of hydrogen-bond donors (Lipinski definition) is 4. The van der Waals surface area contributed by atoms with E-state index in [2.05, 4.69) is 25.9 Å². The predicted molar refractivity (Wildman–Crippen MR) is 113 cm³/mol. The first-order valence-electron chi connectivity index (χ1n) is 10.8. The molecule has 6 nitrogen and oxygen atoms in total. The fraction of sp³-hybridized carbons (Fsp3) is 0.545. The van der Waals surface area contributed by atoms with Crippen LogP contribution < -0.4 is 16.0 Å². The molecule has 2 heterocycles. The summed E-state index contributed by atoms with van der Waals surface area (Å²) < 4.78 is 39.1. The third kappa shape index (κ3) is 5.65. The van der Waals surface area contributed by atoms with Gasteiger partial charge in [0.05, 0.1) is 11.7 Å². The van der Waals surface area contributed by atoms with Gasteiger partial charge in [-0.3, -0.25) is 0 Å². The molecule has 0 atom stereocenters. The summed E-state index contributed by atoms with van der Waals surface area (Å²) in [6.45, 7) is 1.87. The number of halogens is 3. The number of rotatable bonds is 5. The minimum Gasteiger partial charge on any atom is -0.393 e. The average molecular weight is 435 g/mol. The van der Waals surface area contributed by atoms with Gasteiger partial charge >= 0.3 is 6.18 Å². The molecule has 1 aromatic carbocycles. The Morgan fingerprint density at radius 3 is 2.48 bits per heavy atom. The first-order valence-corrected chi connectivity index (χ1v) is 10.8. The summed E-state index contributed by atoms with van der Waals surface area (Å²) in [5, 5.41) is 19.6. The lowest BCUT2D eigenvalue weighted by Crippen LogP contribution is -2.30. The third-order valence-electron chi connectivity index (χ3n) is 6.08. The van der Waals surface area contributed by atoms with Crippen molar-refractivity contribution in [3.05, 3.63) is 41.6 Å². The van der Waals surface area contributed by atoms with Gasteiger partial charge in [-0.1, -0.05) is 6.07 Å². The summed E-state index contributed by atoms with van der Waals surface area (Å²) in [7, 11) is 0. The van der Waals surface area contributed by atoms with Crippen molar-refractivity contribution in [2.24, 2.45) is 0 Å². The van der Waals surface area contributed by atoms with Crippen molar-refractivity contribution < 1.29 is 18.3 Å². The third-order valence-corrected chi connectivity index (χ3v) is 6.08. The Labute approximate surface area is 179 Å². The summed E-state index contributed by atoms with van der Waals surface area (Å²) in [4.78, 5) is 9.05. The summed E-state index contributed by atoms with van der Waals surface area (Å²) in [6, 6.07) is 5.23. The molecule has 2 aromatic rings. The van der Waals surface area contributed by atoms with E-state index in [0.717, 1.165) is 75.1 Å². The van der Waals surface area contributed by atoms with Crippen LogP contribution in [0.2, 0.25) is 0 Å². The number of hydrogen-bond acceptors (Lipinski definition) is 6. The molecule has 1 saturated carbocycles. The van der Waals surface area contributed by atoms with Crippen molar-refractivity contribution in [2.75, 3.05) is 23.7 Å². The Balaban J connectivity index is 1.57. The van der Waals surface area contributed by atoms with E-state index >= 15 is 0 Å². The highest BCUT2D eigenvalue weighted by Crippen LogP contribution is 2.34. The van der Waals surface area contributed by atoms with Crippen LogP contribution in [0.3, 0.4) is 0 Å². The van der Waals surface area contributed by atoms with Crippen LogP contribution >= 0.6 is 0 Å². The van der Waals surface area contributed by atoms with E-state index in [-0.39, 0.29) is 23.8 Å². The van der Waals surface area contributed by atoms with E-state index in [1.54, 1.807) is 12.3 Å². The molecule has 0 unspecified atom stereocenters. The molecule has 2 aliphatic rings. The van der Waals surface area contributed by atoms with Crippen LogP contribution in [0.1, 0.15) is 55.6 Å². The lowest BCUT2D eigenvalue weighted by Gasteiger charge is -2.29. The van der Waals surface area contributed by atoms with Gasteiger partial charge in [0.25, 0.3) is 0 Å². The SMILES string of the molecule is O[C@H]1CC[C@H](Nc2nc(Nc3cccc(C(F)(F)F)c3)ncc2C2CCNCC2)CC1. The average Bonchev–Trinajstić information content (AvgIpc) is 2.76. The minimum atomic E-state index is -4.41. The molecule has 1 aliphatic heterocycles. The van der Waals surface area contributed by atoms with Crippen LogP contribution in [0.25, 0.3) is 0 Å². The summed E-state index contributed by atoms with van der Waals surface area (Å²) in [6.07, 6.45) is 2.32. The monoisotopic (exact) mass is 435 g/mol. The van der Waals surface area contributed by atoms with Crippen LogP contribution in [0.4, 0.5) is 30.6 Å². The van der Waals surface area contributed by atoms with Gasteiger partial charge in [0.1, 0.15) is 5.82 Å². The van der Waals surface area contributed by atoms with Crippen molar-refractivity contribution in [3.8, 4) is 0 Å². The van der Waals surface area contributed by atoms with Gasteiger partial charge in [0.15, 0.2) is 0 Å². The highest BCUT2D eigenvalue weighted by molar-refractivity contribution is 5.58. The van der Waals surface area contributed by atoms with Crippen LogP contribution in [0.5, 0.6) is 0 Å². The van der Waals surface area contributed by atoms with Crippen molar-refractivity contribution >= 4 is 17.5 Å². The highest BCUT2D eigenvalue weighted by Gasteiger charge is 2.30. The lowest BCUT2D eigenvalue weighted by molar-refractivity contribution is -0.137. The maximum Gasteiger partial charge on any atom is 0.416 e. The zero-order valence-electron chi connectivity index (χ0n) is 17.3. The van der Waals surface area contributed by atoms with E-state index in [9.17, 15) is 18.3 Å². The van der Waals surface area contributed by atoms with Gasteiger partial charge in [-0.05, 0) is 75.7 Å². The van der Waals surface area contributed by atoms with Crippen LogP contribution in [-0.4, -0.2) is 40.3 Å². The number of aliphatic hydroxyl groups is 1. The molecule has 4 rings (SSSR count). The molecule has 2 fully saturated rings. The zero-order chi connectivity index (χ0) is 21.8. The predicted octanol–water partition coefficient (Wildman–Crippen LogP) is 4.42. The molecule has 0 spiro atoms. The van der Waals surface area contributed by atoms with Gasteiger partial charge in [-0.25, -0.2) is 4.98 Å². The largest absolute Gasteiger partial charge is 0.416 e. The molecule has 0 amide bonds. The second-order valence-corrected chi connectivity index (χ2v) is 8.38. The normalized spacial score (nSPS) is 22.8. The second kappa shape index (κ2) is 9.40. The second-order valence-electron chi connectivity index (χ2n) is 8.38. The van der Waals surface area contributed by atoms with Gasteiger partial charge in [0.2, 0.25) is 5.95 Å². The minimum absolute atomic E-state index is 0.208. The van der Waals surface area contributed by atoms with Crippen LogP contribution in [-0.2, 0) is 6.18 Å². The molecule has 1 saturated heterocycles. The maximum atomic E-state index is 13.0. The van der Waals surface area contributed by atoms with E-state index in [1.807, 2.05) is 0 Å². The van der Waals surface area contributed by atoms with Crippen LogP contribution in [0.15, 0.2) is 30.5 Å². The molecule has 0 radical (unpaired) electrons. The number of piperidine rings is 1. The van der Waals surface area contributed by atoms with E-state index in [0.29, 0.717) is 5.92 Å². The van der Waals surface area contributed by atoms with Crippen molar-refractivity contribution in [1.29, 1.82) is 0 Å². The number of aromatic nitrogens is 2. The number of benzene rings is 1. The first kappa shape index (κ1) is 21.8. The van der Waals surface area contributed by atoms with E-state index in [4.69, 9.17) is 0 Å². The van der Waals surface area contributed by atoms with Crippen molar-refractivity contribution in [2.45, 2.75) is 62.8 Å². The summed E-state index contributed by atoms with van der Waals surface area (Å²) >= 11 is 0. The van der Waals surface area contributed by atoms with Gasteiger partial charge in [-0.2, -0.15) is 18.2 Å². The first-order chi connectivity index (χ1) is 14.9. The summed E-state index contributed by atoms with van der Waals surface area (Å²) in [5.41, 5.74) is 0.612.